The standard InChI is InChI=1S/C18H24BrFN2O3/c1-18(2,3)25-17(24)21-14-5-4-8-22(11-14)16(23)10-12-9-13(19)6-7-15(12)20/h6-7,9,14H,4-5,8,10-11H2,1-3H3,(H,21,24)/t14-/m1/s1. The molecule has 0 bridgehead atoms. The molecule has 7 heteroatoms. The molecule has 1 fully saturated rings. The van der Waals surface area contributed by atoms with Crippen LogP contribution >= 0.6 is 15.9 Å². The second kappa shape index (κ2) is 8.17. The molecule has 0 spiro atoms. The fraction of sp³-hybridized carbons (Fsp3) is 0.556. The lowest BCUT2D eigenvalue weighted by Gasteiger charge is -2.33. The lowest BCUT2D eigenvalue weighted by atomic mass is 10.0. The average Bonchev–Trinajstić information content (AvgIpc) is 2.49. The van der Waals surface area contributed by atoms with E-state index in [9.17, 15) is 14.0 Å². The van der Waals surface area contributed by atoms with Crippen LogP contribution in [-0.2, 0) is 16.0 Å². The van der Waals surface area contributed by atoms with Gasteiger partial charge in [0.25, 0.3) is 0 Å². The number of hydrogen-bond donors (Lipinski definition) is 1. The molecule has 2 rings (SSSR count). The van der Waals surface area contributed by atoms with E-state index in [1.54, 1.807) is 37.8 Å². The molecular formula is C18H24BrFN2O3. The first-order chi connectivity index (χ1) is 11.6. The SMILES string of the molecule is CC(C)(C)OC(=O)N[C@@H]1CCCN(C(=O)Cc2cc(Br)ccc2F)C1. The van der Waals surface area contributed by atoms with Crippen molar-refractivity contribution in [3.8, 4) is 0 Å². The fourth-order valence-electron chi connectivity index (χ4n) is 2.75. The summed E-state index contributed by atoms with van der Waals surface area (Å²) in [5.41, 5.74) is -0.200. The Morgan fingerprint density at radius 3 is 2.80 bits per heavy atom. The summed E-state index contributed by atoms with van der Waals surface area (Å²) in [5.74, 6) is -0.537. The summed E-state index contributed by atoms with van der Waals surface area (Å²) in [6.07, 6.45) is 1.09. The highest BCUT2D eigenvalue weighted by molar-refractivity contribution is 9.10. The smallest absolute Gasteiger partial charge is 0.407 e. The number of piperidine rings is 1. The van der Waals surface area contributed by atoms with Gasteiger partial charge in [0.05, 0.1) is 6.42 Å². The third-order valence-corrected chi connectivity index (χ3v) is 4.34. The zero-order chi connectivity index (χ0) is 18.6. The van der Waals surface area contributed by atoms with Crippen molar-refractivity contribution in [1.29, 1.82) is 0 Å². The lowest BCUT2D eigenvalue weighted by Crippen LogP contribution is -2.50. The summed E-state index contributed by atoms with van der Waals surface area (Å²) in [6, 6.07) is 4.41. The third kappa shape index (κ3) is 6.30. The summed E-state index contributed by atoms with van der Waals surface area (Å²) < 4.78 is 19.8. The van der Waals surface area contributed by atoms with Gasteiger partial charge in [0.2, 0.25) is 5.91 Å². The van der Waals surface area contributed by atoms with E-state index in [4.69, 9.17) is 4.74 Å². The van der Waals surface area contributed by atoms with Gasteiger partial charge >= 0.3 is 6.09 Å². The predicted octanol–water partition coefficient (Wildman–Crippen LogP) is 3.65. The average molecular weight is 415 g/mol. The number of nitrogens with zero attached hydrogens (tertiary/aromatic N) is 1. The number of benzene rings is 1. The molecular weight excluding hydrogens is 391 g/mol. The molecule has 1 atom stereocenters. The summed E-state index contributed by atoms with van der Waals surface area (Å²) in [6.45, 7) is 6.43. The molecule has 1 heterocycles. The number of rotatable bonds is 3. The van der Waals surface area contributed by atoms with Crippen molar-refractivity contribution >= 4 is 27.9 Å². The number of alkyl carbamates (subject to hydrolysis) is 1. The highest BCUT2D eigenvalue weighted by Crippen LogP contribution is 2.18. The molecule has 0 unspecified atom stereocenters. The van der Waals surface area contributed by atoms with Gasteiger partial charge in [-0.15, -0.1) is 0 Å². The number of nitrogens with one attached hydrogen (secondary N) is 1. The number of amides is 2. The zero-order valence-corrected chi connectivity index (χ0v) is 16.4. The zero-order valence-electron chi connectivity index (χ0n) is 14.8. The molecule has 2 amide bonds. The minimum Gasteiger partial charge on any atom is -0.444 e. The van der Waals surface area contributed by atoms with Crippen molar-refractivity contribution in [2.45, 2.75) is 51.7 Å². The summed E-state index contributed by atoms with van der Waals surface area (Å²) in [4.78, 5) is 26.0. The van der Waals surface area contributed by atoms with Gasteiger partial charge < -0.3 is 15.0 Å². The van der Waals surface area contributed by atoms with E-state index in [-0.39, 0.29) is 18.4 Å². The van der Waals surface area contributed by atoms with Crippen LogP contribution in [0.5, 0.6) is 0 Å². The molecule has 1 N–H and O–H groups in total. The maximum atomic E-state index is 13.8. The van der Waals surface area contributed by atoms with Gasteiger partial charge in [-0.3, -0.25) is 4.79 Å². The van der Waals surface area contributed by atoms with Crippen molar-refractivity contribution < 1.29 is 18.7 Å². The van der Waals surface area contributed by atoms with E-state index in [1.165, 1.54) is 6.07 Å². The highest BCUT2D eigenvalue weighted by atomic mass is 79.9. The molecule has 1 aliphatic rings. The third-order valence-electron chi connectivity index (χ3n) is 3.84. The number of carbonyl (C=O) groups excluding carboxylic acids is 2. The van der Waals surface area contributed by atoms with Crippen LogP contribution in [0.4, 0.5) is 9.18 Å². The predicted molar refractivity (Wildman–Crippen MR) is 96.8 cm³/mol. The van der Waals surface area contributed by atoms with E-state index in [0.717, 1.165) is 17.3 Å². The number of likely N-dealkylation sites (tertiary alicyclic amines) is 1. The Morgan fingerprint density at radius 2 is 2.12 bits per heavy atom. The molecule has 5 nitrogen and oxygen atoms in total. The van der Waals surface area contributed by atoms with E-state index >= 15 is 0 Å². The molecule has 0 saturated carbocycles. The Morgan fingerprint density at radius 1 is 1.40 bits per heavy atom. The van der Waals surface area contributed by atoms with Crippen molar-refractivity contribution in [1.82, 2.24) is 10.2 Å². The van der Waals surface area contributed by atoms with Crippen molar-refractivity contribution in [3.05, 3.63) is 34.1 Å². The minimum atomic E-state index is -0.563. The minimum absolute atomic E-state index is 0.00440. The highest BCUT2D eigenvalue weighted by Gasteiger charge is 2.27. The largest absolute Gasteiger partial charge is 0.444 e. The quantitative estimate of drug-likeness (QED) is 0.820. The summed E-state index contributed by atoms with van der Waals surface area (Å²) >= 11 is 3.29. The molecule has 1 aromatic carbocycles. The Labute approximate surface area is 156 Å². The Bertz CT molecular complexity index is 646. The molecule has 1 aromatic rings. The summed E-state index contributed by atoms with van der Waals surface area (Å²) in [7, 11) is 0. The van der Waals surface area contributed by atoms with E-state index in [1.807, 2.05) is 0 Å². The molecule has 0 radical (unpaired) electrons. The number of ether oxygens (including phenoxy) is 1. The van der Waals surface area contributed by atoms with E-state index < -0.39 is 17.5 Å². The number of halogens is 2. The van der Waals surface area contributed by atoms with Gasteiger partial charge in [0.1, 0.15) is 11.4 Å². The van der Waals surface area contributed by atoms with Crippen molar-refractivity contribution in [2.75, 3.05) is 13.1 Å². The monoisotopic (exact) mass is 414 g/mol. The van der Waals surface area contributed by atoms with Crippen LogP contribution < -0.4 is 5.32 Å². The normalized spacial score (nSPS) is 18.0. The van der Waals surface area contributed by atoms with Crippen LogP contribution in [0.25, 0.3) is 0 Å². The van der Waals surface area contributed by atoms with Crippen LogP contribution in [0.1, 0.15) is 39.2 Å². The van der Waals surface area contributed by atoms with Gasteiger partial charge in [0.15, 0.2) is 0 Å². The van der Waals surface area contributed by atoms with Crippen LogP contribution in [0.2, 0.25) is 0 Å². The van der Waals surface area contributed by atoms with Gasteiger partial charge in [-0.1, -0.05) is 15.9 Å². The van der Waals surface area contributed by atoms with Gasteiger partial charge in [-0.25, -0.2) is 9.18 Å². The second-order valence-corrected chi connectivity index (χ2v) is 8.15. The van der Waals surface area contributed by atoms with E-state index in [0.29, 0.717) is 18.7 Å². The van der Waals surface area contributed by atoms with Crippen LogP contribution in [0, 0.1) is 5.82 Å². The maximum Gasteiger partial charge on any atom is 0.407 e. The van der Waals surface area contributed by atoms with Crippen molar-refractivity contribution in [3.63, 3.8) is 0 Å². The van der Waals surface area contributed by atoms with Gasteiger partial charge in [0, 0.05) is 23.6 Å². The first-order valence-corrected chi connectivity index (χ1v) is 9.14. The maximum absolute atomic E-state index is 13.8. The topological polar surface area (TPSA) is 58.6 Å². The van der Waals surface area contributed by atoms with Crippen LogP contribution in [0.15, 0.2) is 22.7 Å². The molecule has 1 aliphatic heterocycles. The van der Waals surface area contributed by atoms with Crippen molar-refractivity contribution in [2.24, 2.45) is 0 Å². The first kappa shape index (κ1) is 19.7. The van der Waals surface area contributed by atoms with Crippen LogP contribution in [0.3, 0.4) is 0 Å². The fourth-order valence-corrected chi connectivity index (χ4v) is 3.16. The number of hydrogen-bond acceptors (Lipinski definition) is 3. The Kier molecular flexibility index (Phi) is 6.43. The van der Waals surface area contributed by atoms with Gasteiger partial charge in [-0.05, 0) is 57.4 Å². The molecule has 1 saturated heterocycles. The van der Waals surface area contributed by atoms with E-state index in [2.05, 4.69) is 21.2 Å². The Hall–Kier alpha value is -1.63. The second-order valence-electron chi connectivity index (χ2n) is 7.24. The molecule has 0 aliphatic carbocycles. The lowest BCUT2D eigenvalue weighted by molar-refractivity contribution is -0.131. The summed E-state index contributed by atoms with van der Waals surface area (Å²) in [5, 5.41) is 2.81. The van der Waals surface area contributed by atoms with Gasteiger partial charge in [-0.2, -0.15) is 0 Å². The number of carbonyl (C=O) groups is 2. The molecule has 138 valence electrons. The molecule has 25 heavy (non-hydrogen) atoms. The molecule has 0 aromatic heterocycles. The Balaban J connectivity index is 1.92. The first-order valence-electron chi connectivity index (χ1n) is 8.35. The van der Waals surface area contributed by atoms with Crippen LogP contribution in [-0.4, -0.2) is 41.6 Å².